The second-order valence-corrected chi connectivity index (χ2v) is 6.26. The highest BCUT2D eigenvalue weighted by Crippen LogP contribution is 2.21. The zero-order valence-electron chi connectivity index (χ0n) is 13.0. The number of hydrogen-bond donors (Lipinski definition) is 1. The Labute approximate surface area is 143 Å². The van der Waals surface area contributed by atoms with E-state index >= 15 is 0 Å². The standard InChI is InChI=1S/C18H15N3O2S/c1-13-2-7-16(24-13)8-9-17(22)21-14-3-5-15(6-4-14)23-18-12-19-10-11-20-18/h2-12H,1H3,(H,21,22). The fourth-order valence-corrected chi connectivity index (χ4v) is 2.73. The van der Waals surface area contributed by atoms with Gasteiger partial charge in [0, 0.05) is 33.9 Å². The molecule has 1 aromatic carbocycles. The zero-order chi connectivity index (χ0) is 16.8. The molecule has 0 saturated heterocycles. The third-order valence-electron chi connectivity index (χ3n) is 3.04. The topological polar surface area (TPSA) is 64.1 Å². The normalized spacial score (nSPS) is 10.7. The van der Waals surface area contributed by atoms with E-state index in [0.29, 0.717) is 17.3 Å². The van der Waals surface area contributed by atoms with E-state index in [9.17, 15) is 4.79 Å². The molecule has 5 nitrogen and oxygen atoms in total. The summed E-state index contributed by atoms with van der Waals surface area (Å²) in [5.41, 5.74) is 0.693. The Morgan fingerprint density at radius 1 is 1.17 bits per heavy atom. The molecule has 1 N–H and O–H groups in total. The maximum Gasteiger partial charge on any atom is 0.248 e. The van der Waals surface area contributed by atoms with Crippen molar-refractivity contribution in [3.05, 3.63) is 70.8 Å². The molecule has 0 bridgehead atoms. The van der Waals surface area contributed by atoms with E-state index in [1.165, 1.54) is 17.2 Å². The molecular formula is C18H15N3O2S. The summed E-state index contributed by atoms with van der Waals surface area (Å²) in [5, 5.41) is 2.81. The number of aromatic nitrogens is 2. The molecule has 0 unspecified atom stereocenters. The summed E-state index contributed by atoms with van der Waals surface area (Å²) in [6.07, 6.45) is 8.00. The van der Waals surface area contributed by atoms with E-state index in [0.717, 1.165) is 4.88 Å². The van der Waals surface area contributed by atoms with Gasteiger partial charge in [-0.2, -0.15) is 0 Å². The first-order chi connectivity index (χ1) is 11.7. The van der Waals surface area contributed by atoms with Gasteiger partial charge in [-0.05, 0) is 49.4 Å². The summed E-state index contributed by atoms with van der Waals surface area (Å²) >= 11 is 1.64. The smallest absolute Gasteiger partial charge is 0.248 e. The fourth-order valence-electron chi connectivity index (χ4n) is 1.95. The Hall–Kier alpha value is -2.99. The predicted octanol–water partition coefficient (Wildman–Crippen LogP) is 4.29. The van der Waals surface area contributed by atoms with Crippen LogP contribution in [0.2, 0.25) is 0 Å². The minimum Gasteiger partial charge on any atom is -0.438 e. The molecule has 0 aliphatic carbocycles. The van der Waals surface area contributed by atoms with Crippen molar-refractivity contribution in [2.24, 2.45) is 0 Å². The van der Waals surface area contributed by atoms with Gasteiger partial charge in [0.1, 0.15) is 5.75 Å². The number of carbonyl (C=O) groups excluding carboxylic acids is 1. The van der Waals surface area contributed by atoms with Crippen molar-refractivity contribution in [3.63, 3.8) is 0 Å². The van der Waals surface area contributed by atoms with Crippen LogP contribution in [0.15, 0.2) is 61.1 Å². The highest BCUT2D eigenvalue weighted by Gasteiger charge is 2.01. The molecule has 0 aliphatic heterocycles. The summed E-state index contributed by atoms with van der Waals surface area (Å²) in [6.45, 7) is 2.03. The average molecular weight is 337 g/mol. The van der Waals surface area contributed by atoms with Crippen LogP contribution in [0.3, 0.4) is 0 Å². The summed E-state index contributed by atoms with van der Waals surface area (Å²) in [6, 6.07) is 11.1. The number of amides is 1. The van der Waals surface area contributed by atoms with Crippen molar-refractivity contribution < 1.29 is 9.53 Å². The van der Waals surface area contributed by atoms with Gasteiger partial charge in [-0.15, -0.1) is 11.3 Å². The minimum atomic E-state index is -0.177. The third-order valence-corrected chi connectivity index (χ3v) is 4.01. The summed E-state index contributed by atoms with van der Waals surface area (Å²) in [4.78, 5) is 22.2. The highest BCUT2D eigenvalue weighted by atomic mass is 32.1. The maximum atomic E-state index is 11.9. The Balaban J connectivity index is 1.57. The number of nitrogens with zero attached hydrogens (tertiary/aromatic N) is 2. The van der Waals surface area contributed by atoms with Crippen LogP contribution in [-0.4, -0.2) is 15.9 Å². The molecule has 0 aliphatic rings. The Morgan fingerprint density at radius 3 is 2.67 bits per heavy atom. The molecule has 0 atom stereocenters. The Bertz CT molecular complexity index is 842. The van der Waals surface area contributed by atoms with Crippen LogP contribution < -0.4 is 10.1 Å². The van der Waals surface area contributed by atoms with E-state index in [1.807, 2.05) is 19.1 Å². The fraction of sp³-hybridized carbons (Fsp3) is 0.0556. The first kappa shape index (κ1) is 15.9. The van der Waals surface area contributed by atoms with Crippen molar-refractivity contribution in [2.75, 3.05) is 5.32 Å². The number of aryl methyl sites for hydroxylation is 1. The van der Waals surface area contributed by atoms with Crippen molar-refractivity contribution in [1.29, 1.82) is 0 Å². The van der Waals surface area contributed by atoms with Crippen LogP contribution >= 0.6 is 11.3 Å². The second kappa shape index (κ2) is 7.52. The van der Waals surface area contributed by atoms with Gasteiger partial charge in [0.2, 0.25) is 11.8 Å². The van der Waals surface area contributed by atoms with Crippen molar-refractivity contribution in [2.45, 2.75) is 6.92 Å². The number of benzene rings is 1. The van der Waals surface area contributed by atoms with E-state index in [2.05, 4.69) is 15.3 Å². The van der Waals surface area contributed by atoms with Crippen LogP contribution in [0, 0.1) is 6.92 Å². The van der Waals surface area contributed by atoms with Gasteiger partial charge in [-0.1, -0.05) is 0 Å². The van der Waals surface area contributed by atoms with Crippen LogP contribution in [-0.2, 0) is 4.79 Å². The predicted molar refractivity (Wildman–Crippen MR) is 95.3 cm³/mol. The van der Waals surface area contributed by atoms with Gasteiger partial charge >= 0.3 is 0 Å². The van der Waals surface area contributed by atoms with Gasteiger partial charge in [0.15, 0.2) is 0 Å². The van der Waals surface area contributed by atoms with E-state index in [4.69, 9.17) is 4.74 Å². The van der Waals surface area contributed by atoms with Crippen LogP contribution in [0.5, 0.6) is 11.6 Å². The SMILES string of the molecule is Cc1ccc(C=CC(=O)Nc2ccc(Oc3cnccn3)cc2)s1. The molecule has 120 valence electrons. The molecule has 2 aromatic heterocycles. The Kier molecular flexibility index (Phi) is 4.98. The van der Waals surface area contributed by atoms with Crippen molar-refractivity contribution >= 4 is 29.0 Å². The average Bonchev–Trinajstić information content (AvgIpc) is 3.01. The molecular weight excluding hydrogens is 322 g/mol. The monoisotopic (exact) mass is 337 g/mol. The minimum absolute atomic E-state index is 0.177. The van der Waals surface area contributed by atoms with Crippen LogP contribution in [0.25, 0.3) is 6.08 Å². The van der Waals surface area contributed by atoms with Gasteiger partial charge < -0.3 is 10.1 Å². The van der Waals surface area contributed by atoms with E-state index in [-0.39, 0.29) is 5.91 Å². The van der Waals surface area contributed by atoms with Gasteiger partial charge in [-0.25, -0.2) is 4.98 Å². The number of ether oxygens (including phenoxy) is 1. The molecule has 3 rings (SSSR count). The van der Waals surface area contributed by atoms with Crippen molar-refractivity contribution in [3.8, 4) is 11.6 Å². The maximum absolute atomic E-state index is 11.9. The van der Waals surface area contributed by atoms with E-state index < -0.39 is 0 Å². The largest absolute Gasteiger partial charge is 0.438 e. The Morgan fingerprint density at radius 2 is 2.00 bits per heavy atom. The lowest BCUT2D eigenvalue weighted by atomic mass is 10.3. The number of carbonyl (C=O) groups is 1. The molecule has 0 radical (unpaired) electrons. The molecule has 24 heavy (non-hydrogen) atoms. The molecule has 6 heteroatoms. The number of hydrogen-bond acceptors (Lipinski definition) is 5. The number of anilines is 1. The van der Waals surface area contributed by atoms with Gasteiger partial charge in [0.25, 0.3) is 0 Å². The molecule has 0 spiro atoms. The second-order valence-electron chi connectivity index (χ2n) is 4.94. The van der Waals surface area contributed by atoms with Gasteiger partial charge in [0.05, 0.1) is 6.20 Å². The van der Waals surface area contributed by atoms with Gasteiger partial charge in [-0.3, -0.25) is 9.78 Å². The lowest BCUT2D eigenvalue weighted by Crippen LogP contribution is -2.07. The van der Waals surface area contributed by atoms with Crippen molar-refractivity contribution in [1.82, 2.24) is 9.97 Å². The molecule has 0 fully saturated rings. The number of nitrogens with one attached hydrogen (secondary N) is 1. The third kappa shape index (κ3) is 4.50. The summed E-state index contributed by atoms with van der Waals surface area (Å²) in [5.74, 6) is 0.866. The quantitative estimate of drug-likeness (QED) is 0.705. The van der Waals surface area contributed by atoms with Crippen LogP contribution in [0.4, 0.5) is 5.69 Å². The number of thiophene rings is 1. The first-order valence-corrected chi connectivity index (χ1v) is 8.10. The first-order valence-electron chi connectivity index (χ1n) is 7.28. The van der Waals surface area contributed by atoms with E-state index in [1.54, 1.807) is 54.1 Å². The molecule has 3 aromatic rings. The number of rotatable bonds is 5. The molecule has 1 amide bonds. The summed E-state index contributed by atoms with van der Waals surface area (Å²) in [7, 11) is 0. The summed E-state index contributed by atoms with van der Waals surface area (Å²) < 4.78 is 5.55. The highest BCUT2D eigenvalue weighted by molar-refractivity contribution is 7.12. The molecule has 2 heterocycles. The lowest BCUT2D eigenvalue weighted by Gasteiger charge is -2.05. The molecule has 0 saturated carbocycles. The van der Waals surface area contributed by atoms with Crippen LogP contribution in [0.1, 0.15) is 9.75 Å². The lowest BCUT2D eigenvalue weighted by molar-refractivity contribution is -0.111. The zero-order valence-corrected chi connectivity index (χ0v) is 13.8.